The third kappa shape index (κ3) is 5.08. The Labute approximate surface area is 154 Å². The summed E-state index contributed by atoms with van der Waals surface area (Å²) in [6.07, 6.45) is 6.29. The molecule has 3 rings (SSSR count). The first-order chi connectivity index (χ1) is 12.8. The number of amides is 1. The molecule has 1 aromatic heterocycles. The van der Waals surface area contributed by atoms with E-state index in [1.807, 2.05) is 35.1 Å². The molecule has 1 fully saturated rings. The number of nitrogens with one attached hydrogen (secondary N) is 2. The van der Waals surface area contributed by atoms with Crippen molar-refractivity contribution in [3.63, 3.8) is 0 Å². The molecule has 0 saturated carbocycles. The minimum atomic E-state index is -0.148. The topological polar surface area (TPSA) is 68.2 Å². The van der Waals surface area contributed by atoms with Crippen LogP contribution in [0.3, 0.4) is 0 Å². The minimum absolute atomic E-state index is 0.148. The van der Waals surface area contributed by atoms with E-state index >= 15 is 0 Å². The highest BCUT2D eigenvalue weighted by atomic mass is 16.5. The van der Waals surface area contributed by atoms with Gasteiger partial charge >= 0.3 is 0 Å². The molecule has 26 heavy (non-hydrogen) atoms. The van der Waals surface area contributed by atoms with Crippen LogP contribution in [0.25, 0.3) is 0 Å². The standard InChI is InChI=1S/C20H28N4O2/c1-2-3-12-26-18-8-4-6-16(13-18)14-22-20(25)19-9-11-24(23-19)17-7-5-10-21-15-17/h4,6,8-9,11,13,17,21H,2-3,5,7,10,12,14-15H2,1H3,(H,22,25). The van der Waals surface area contributed by atoms with Crippen LogP contribution in [0.2, 0.25) is 0 Å². The number of carbonyl (C=O) groups is 1. The highest BCUT2D eigenvalue weighted by molar-refractivity contribution is 5.92. The lowest BCUT2D eigenvalue weighted by Crippen LogP contribution is -2.32. The summed E-state index contributed by atoms with van der Waals surface area (Å²) < 4.78 is 7.62. The number of aromatic nitrogens is 2. The fourth-order valence-electron chi connectivity index (χ4n) is 3.07. The van der Waals surface area contributed by atoms with E-state index in [9.17, 15) is 4.79 Å². The Kier molecular flexibility index (Phi) is 6.66. The van der Waals surface area contributed by atoms with Gasteiger partial charge in [0.2, 0.25) is 0 Å². The molecule has 0 bridgehead atoms. The highest BCUT2D eigenvalue weighted by Gasteiger charge is 2.17. The molecule has 1 atom stereocenters. The van der Waals surface area contributed by atoms with E-state index in [-0.39, 0.29) is 5.91 Å². The van der Waals surface area contributed by atoms with Gasteiger partial charge in [-0.05, 0) is 49.6 Å². The van der Waals surface area contributed by atoms with Crippen LogP contribution in [-0.4, -0.2) is 35.4 Å². The number of rotatable bonds is 8. The summed E-state index contributed by atoms with van der Waals surface area (Å²) in [5, 5.41) is 10.8. The number of benzene rings is 1. The number of piperidine rings is 1. The summed E-state index contributed by atoms with van der Waals surface area (Å²) in [5.41, 5.74) is 1.48. The zero-order valence-electron chi connectivity index (χ0n) is 15.4. The molecule has 6 heteroatoms. The zero-order chi connectivity index (χ0) is 18.2. The molecule has 2 heterocycles. The predicted molar refractivity (Wildman–Crippen MR) is 101 cm³/mol. The number of carbonyl (C=O) groups excluding carboxylic acids is 1. The lowest BCUT2D eigenvalue weighted by molar-refractivity contribution is 0.0944. The van der Waals surface area contributed by atoms with Crippen molar-refractivity contribution in [2.24, 2.45) is 0 Å². The van der Waals surface area contributed by atoms with Gasteiger partial charge in [0.1, 0.15) is 11.4 Å². The van der Waals surface area contributed by atoms with Crippen molar-refractivity contribution in [2.45, 2.75) is 45.2 Å². The Bertz CT molecular complexity index is 707. The molecule has 2 N–H and O–H groups in total. The first-order valence-corrected chi connectivity index (χ1v) is 9.52. The Morgan fingerprint density at radius 2 is 2.35 bits per heavy atom. The number of nitrogens with zero attached hydrogens (tertiary/aromatic N) is 2. The summed E-state index contributed by atoms with van der Waals surface area (Å²) in [6, 6.07) is 9.98. The van der Waals surface area contributed by atoms with Crippen LogP contribution >= 0.6 is 0 Å². The van der Waals surface area contributed by atoms with Crippen molar-refractivity contribution in [3.05, 3.63) is 47.8 Å². The largest absolute Gasteiger partial charge is 0.494 e. The van der Waals surface area contributed by atoms with Gasteiger partial charge in [-0.25, -0.2) is 0 Å². The van der Waals surface area contributed by atoms with Gasteiger partial charge in [-0.3, -0.25) is 9.48 Å². The smallest absolute Gasteiger partial charge is 0.272 e. The summed E-state index contributed by atoms with van der Waals surface area (Å²) in [4.78, 5) is 12.4. The van der Waals surface area contributed by atoms with Gasteiger partial charge in [-0.2, -0.15) is 5.10 Å². The van der Waals surface area contributed by atoms with Crippen molar-refractivity contribution < 1.29 is 9.53 Å². The van der Waals surface area contributed by atoms with E-state index in [4.69, 9.17) is 4.74 Å². The van der Waals surface area contributed by atoms with Crippen molar-refractivity contribution in [1.82, 2.24) is 20.4 Å². The van der Waals surface area contributed by atoms with Crippen molar-refractivity contribution in [2.75, 3.05) is 19.7 Å². The quantitative estimate of drug-likeness (QED) is 0.714. The summed E-state index contributed by atoms with van der Waals surface area (Å²) in [7, 11) is 0. The van der Waals surface area contributed by atoms with E-state index in [1.54, 1.807) is 6.07 Å². The first kappa shape index (κ1) is 18.5. The van der Waals surface area contributed by atoms with E-state index in [0.717, 1.165) is 56.7 Å². The molecule has 1 saturated heterocycles. The molecule has 6 nitrogen and oxygen atoms in total. The SMILES string of the molecule is CCCCOc1cccc(CNC(=O)c2ccn(C3CCCNC3)n2)c1. The third-order valence-electron chi connectivity index (χ3n) is 4.60. The highest BCUT2D eigenvalue weighted by Crippen LogP contribution is 2.16. The van der Waals surface area contributed by atoms with Crippen molar-refractivity contribution >= 4 is 5.91 Å². The maximum atomic E-state index is 12.4. The number of hydrogen-bond acceptors (Lipinski definition) is 4. The number of ether oxygens (including phenoxy) is 1. The van der Waals surface area contributed by atoms with Gasteiger partial charge in [0, 0.05) is 19.3 Å². The monoisotopic (exact) mass is 356 g/mol. The second kappa shape index (κ2) is 9.38. The molecule has 1 unspecified atom stereocenters. The maximum Gasteiger partial charge on any atom is 0.272 e. The van der Waals surface area contributed by atoms with Crippen LogP contribution in [0.15, 0.2) is 36.5 Å². The fraction of sp³-hybridized carbons (Fsp3) is 0.500. The molecule has 1 aliphatic rings. The van der Waals surface area contributed by atoms with Crippen LogP contribution < -0.4 is 15.4 Å². The third-order valence-corrected chi connectivity index (χ3v) is 4.60. The van der Waals surface area contributed by atoms with E-state index in [0.29, 0.717) is 18.3 Å². The molecule has 1 amide bonds. The second-order valence-electron chi connectivity index (χ2n) is 6.71. The second-order valence-corrected chi connectivity index (χ2v) is 6.71. The fourth-order valence-corrected chi connectivity index (χ4v) is 3.07. The minimum Gasteiger partial charge on any atom is -0.494 e. The van der Waals surface area contributed by atoms with E-state index in [1.165, 1.54) is 0 Å². The molecule has 2 aromatic rings. The summed E-state index contributed by atoms with van der Waals surface area (Å²) >= 11 is 0. The maximum absolute atomic E-state index is 12.4. The normalized spacial score (nSPS) is 17.0. The summed E-state index contributed by atoms with van der Waals surface area (Å²) in [5.74, 6) is 0.698. The summed E-state index contributed by atoms with van der Waals surface area (Å²) in [6.45, 7) is 5.29. The van der Waals surface area contributed by atoms with E-state index in [2.05, 4.69) is 22.7 Å². The Balaban J connectivity index is 1.52. The van der Waals surface area contributed by atoms with E-state index < -0.39 is 0 Å². The van der Waals surface area contributed by atoms with Crippen LogP contribution in [0.1, 0.15) is 54.7 Å². The molecule has 0 spiro atoms. The van der Waals surface area contributed by atoms with Gasteiger partial charge in [-0.15, -0.1) is 0 Å². The van der Waals surface area contributed by atoms with Crippen molar-refractivity contribution in [1.29, 1.82) is 0 Å². The lowest BCUT2D eigenvalue weighted by atomic mass is 10.1. The Hall–Kier alpha value is -2.34. The lowest BCUT2D eigenvalue weighted by Gasteiger charge is -2.22. The molecule has 0 aliphatic carbocycles. The van der Waals surface area contributed by atoms with Crippen LogP contribution in [0, 0.1) is 0 Å². The molecule has 140 valence electrons. The molecular weight excluding hydrogens is 328 g/mol. The van der Waals surface area contributed by atoms with Gasteiger partial charge < -0.3 is 15.4 Å². The van der Waals surface area contributed by atoms with Gasteiger partial charge in [-0.1, -0.05) is 25.5 Å². The Morgan fingerprint density at radius 3 is 3.15 bits per heavy atom. The number of hydrogen-bond donors (Lipinski definition) is 2. The van der Waals surface area contributed by atoms with Crippen LogP contribution in [0.5, 0.6) is 5.75 Å². The zero-order valence-corrected chi connectivity index (χ0v) is 15.4. The average molecular weight is 356 g/mol. The first-order valence-electron chi connectivity index (χ1n) is 9.52. The number of unbranched alkanes of at least 4 members (excludes halogenated alkanes) is 1. The van der Waals surface area contributed by atoms with Gasteiger partial charge in [0.15, 0.2) is 0 Å². The molecule has 1 aliphatic heterocycles. The van der Waals surface area contributed by atoms with Crippen LogP contribution in [0.4, 0.5) is 0 Å². The van der Waals surface area contributed by atoms with Crippen molar-refractivity contribution in [3.8, 4) is 5.75 Å². The van der Waals surface area contributed by atoms with Gasteiger partial charge in [0.25, 0.3) is 5.91 Å². The average Bonchev–Trinajstić information content (AvgIpc) is 3.18. The van der Waals surface area contributed by atoms with Crippen LogP contribution in [-0.2, 0) is 6.54 Å². The molecular formula is C20H28N4O2. The van der Waals surface area contributed by atoms with Gasteiger partial charge in [0.05, 0.1) is 12.6 Å². The Morgan fingerprint density at radius 1 is 1.42 bits per heavy atom. The molecule has 0 radical (unpaired) electrons. The molecule has 1 aromatic carbocycles. The predicted octanol–water partition coefficient (Wildman–Crippen LogP) is 2.92.